The number of nitrogens with zero attached hydrogens (tertiary/aromatic N) is 2. The van der Waals surface area contributed by atoms with Crippen LogP contribution in [0.1, 0.15) is 37.5 Å². The van der Waals surface area contributed by atoms with Crippen molar-refractivity contribution >= 4 is 11.8 Å². The second kappa shape index (κ2) is 4.99. The van der Waals surface area contributed by atoms with Gasteiger partial charge in [-0.05, 0) is 37.2 Å². The summed E-state index contributed by atoms with van der Waals surface area (Å²) in [5, 5.41) is 3.86. The summed E-state index contributed by atoms with van der Waals surface area (Å²) in [7, 11) is 0. The Balaban J connectivity index is 1.91. The third kappa shape index (κ3) is 2.95. The fourth-order valence-corrected chi connectivity index (χ4v) is 2.94. The first-order valence-electron chi connectivity index (χ1n) is 5.41. The summed E-state index contributed by atoms with van der Waals surface area (Å²) in [6.45, 7) is 1.87. The normalized spacial score (nSPS) is 20.4. The molecule has 4 nitrogen and oxygen atoms in total. The van der Waals surface area contributed by atoms with E-state index in [0.29, 0.717) is 11.7 Å². The third-order valence-corrected chi connectivity index (χ3v) is 3.74. The fraction of sp³-hybridized carbons (Fsp3) is 0.800. The van der Waals surface area contributed by atoms with E-state index in [4.69, 9.17) is 10.3 Å². The smallest absolute Gasteiger partial charge is 0.226 e. The number of hydrogen-bond donors (Lipinski definition) is 1. The largest absolute Gasteiger partial charge is 0.339 e. The lowest BCUT2D eigenvalue weighted by atomic mass is 9.99. The predicted molar refractivity (Wildman–Crippen MR) is 60.7 cm³/mol. The van der Waals surface area contributed by atoms with Crippen molar-refractivity contribution in [2.24, 2.45) is 11.7 Å². The summed E-state index contributed by atoms with van der Waals surface area (Å²) in [6, 6.07) is -0.135. The molecule has 0 saturated carbocycles. The molecule has 1 atom stereocenters. The van der Waals surface area contributed by atoms with Gasteiger partial charge in [0.25, 0.3) is 0 Å². The first-order chi connectivity index (χ1) is 7.25. The van der Waals surface area contributed by atoms with E-state index in [0.717, 1.165) is 12.3 Å². The SMILES string of the molecule is CC(N)c1noc(CC2CCSCC2)n1. The van der Waals surface area contributed by atoms with Crippen LogP contribution in [0.25, 0.3) is 0 Å². The molecule has 0 bridgehead atoms. The van der Waals surface area contributed by atoms with Crippen LogP contribution in [0.4, 0.5) is 0 Å². The van der Waals surface area contributed by atoms with Crippen LogP contribution in [0.15, 0.2) is 4.52 Å². The number of aromatic nitrogens is 2. The van der Waals surface area contributed by atoms with Crippen molar-refractivity contribution in [3.05, 3.63) is 11.7 Å². The topological polar surface area (TPSA) is 64.9 Å². The van der Waals surface area contributed by atoms with Gasteiger partial charge in [0.1, 0.15) is 0 Å². The van der Waals surface area contributed by atoms with Crippen molar-refractivity contribution in [3.8, 4) is 0 Å². The first-order valence-corrected chi connectivity index (χ1v) is 6.57. The Morgan fingerprint density at radius 2 is 2.27 bits per heavy atom. The maximum absolute atomic E-state index is 5.67. The Bertz CT molecular complexity index is 307. The van der Waals surface area contributed by atoms with Crippen LogP contribution < -0.4 is 5.73 Å². The highest BCUT2D eigenvalue weighted by Crippen LogP contribution is 2.25. The van der Waals surface area contributed by atoms with Crippen LogP contribution >= 0.6 is 11.8 Å². The molecule has 0 amide bonds. The van der Waals surface area contributed by atoms with E-state index in [-0.39, 0.29) is 6.04 Å². The summed E-state index contributed by atoms with van der Waals surface area (Å²) >= 11 is 2.03. The maximum Gasteiger partial charge on any atom is 0.226 e. The molecule has 0 radical (unpaired) electrons. The zero-order chi connectivity index (χ0) is 10.7. The lowest BCUT2D eigenvalue weighted by Gasteiger charge is -2.19. The van der Waals surface area contributed by atoms with Gasteiger partial charge in [0.2, 0.25) is 5.89 Å². The molecule has 84 valence electrons. The van der Waals surface area contributed by atoms with Crippen LogP contribution in [-0.2, 0) is 6.42 Å². The molecule has 0 spiro atoms. The quantitative estimate of drug-likeness (QED) is 0.852. The van der Waals surface area contributed by atoms with Crippen molar-refractivity contribution in [1.82, 2.24) is 10.1 Å². The number of hydrogen-bond acceptors (Lipinski definition) is 5. The van der Waals surface area contributed by atoms with E-state index in [1.54, 1.807) is 0 Å². The molecular weight excluding hydrogens is 210 g/mol. The highest BCUT2D eigenvalue weighted by Gasteiger charge is 2.18. The molecule has 1 aromatic heterocycles. The monoisotopic (exact) mass is 227 g/mol. The maximum atomic E-state index is 5.67. The molecule has 0 aromatic carbocycles. The van der Waals surface area contributed by atoms with Gasteiger partial charge in [0.05, 0.1) is 6.04 Å². The molecule has 2 heterocycles. The molecule has 5 heteroatoms. The Labute approximate surface area is 94.0 Å². The number of nitrogens with two attached hydrogens (primary N) is 1. The van der Waals surface area contributed by atoms with Gasteiger partial charge < -0.3 is 10.3 Å². The minimum absolute atomic E-state index is 0.135. The van der Waals surface area contributed by atoms with E-state index in [2.05, 4.69) is 10.1 Å². The van der Waals surface area contributed by atoms with E-state index in [1.165, 1.54) is 24.3 Å². The average Bonchev–Trinajstić information content (AvgIpc) is 2.68. The van der Waals surface area contributed by atoms with Crippen LogP contribution in [0.3, 0.4) is 0 Å². The second-order valence-electron chi connectivity index (χ2n) is 4.09. The molecule has 2 rings (SSSR count). The Morgan fingerprint density at radius 1 is 1.53 bits per heavy atom. The molecule has 1 fully saturated rings. The van der Waals surface area contributed by atoms with Gasteiger partial charge in [-0.3, -0.25) is 0 Å². The van der Waals surface area contributed by atoms with Gasteiger partial charge in [-0.15, -0.1) is 0 Å². The van der Waals surface area contributed by atoms with Gasteiger partial charge in [-0.2, -0.15) is 16.7 Å². The number of rotatable bonds is 3. The molecule has 15 heavy (non-hydrogen) atoms. The lowest BCUT2D eigenvalue weighted by molar-refractivity contribution is 0.340. The minimum atomic E-state index is -0.135. The summed E-state index contributed by atoms with van der Waals surface area (Å²) in [6.07, 6.45) is 3.45. The number of thioether (sulfide) groups is 1. The average molecular weight is 227 g/mol. The van der Waals surface area contributed by atoms with Gasteiger partial charge >= 0.3 is 0 Å². The molecular formula is C10H17N3OS. The van der Waals surface area contributed by atoms with Gasteiger partial charge in [0.15, 0.2) is 5.82 Å². The van der Waals surface area contributed by atoms with Crippen LogP contribution in [0.5, 0.6) is 0 Å². The molecule has 1 aliphatic rings. The van der Waals surface area contributed by atoms with Crippen molar-refractivity contribution in [2.75, 3.05) is 11.5 Å². The first kappa shape index (κ1) is 11.0. The second-order valence-corrected chi connectivity index (χ2v) is 5.32. The molecule has 1 aromatic rings. The van der Waals surface area contributed by atoms with Gasteiger partial charge in [0, 0.05) is 6.42 Å². The van der Waals surface area contributed by atoms with Crippen molar-refractivity contribution in [3.63, 3.8) is 0 Å². The zero-order valence-corrected chi connectivity index (χ0v) is 9.80. The molecule has 2 N–H and O–H groups in total. The van der Waals surface area contributed by atoms with Crippen LogP contribution in [0.2, 0.25) is 0 Å². The van der Waals surface area contributed by atoms with Crippen molar-refractivity contribution in [2.45, 2.75) is 32.2 Å². The summed E-state index contributed by atoms with van der Waals surface area (Å²) in [4.78, 5) is 4.29. The van der Waals surface area contributed by atoms with Crippen molar-refractivity contribution in [1.29, 1.82) is 0 Å². The van der Waals surface area contributed by atoms with Crippen LogP contribution in [-0.4, -0.2) is 21.6 Å². The van der Waals surface area contributed by atoms with Gasteiger partial charge in [-0.1, -0.05) is 5.16 Å². The Kier molecular flexibility index (Phi) is 3.64. The highest BCUT2D eigenvalue weighted by atomic mass is 32.2. The third-order valence-electron chi connectivity index (χ3n) is 2.70. The minimum Gasteiger partial charge on any atom is -0.339 e. The predicted octanol–water partition coefficient (Wildman–Crippen LogP) is 1.78. The molecule has 1 saturated heterocycles. The van der Waals surface area contributed by atoms with Crippen LogP contribution in [0, 0.1) is 5.92 Å². The Morgan fingerprint density at radius 3 is 2.87 bits per heavy atom. The summed E-state index contributed by atoms with van der Waals surface area (Å²) in [5.41, 5.74) is 5.67. The Hall–Kier alpha value is -0.550. The molecule has 1 aliphatic heterocycles. The standard InChI is InChI=1S/C10H17N3OS/c1-7(11)10-12-9(14-13-10)6-8-2-4-15-5-3-8/h7-8H,2-6,11H2,1H3. The fourth-order valence-electron chi connectivity index (χ4n) is 1.73. The zero-order valence-electron chi connectivity index (χ0n) is 8.98. The molecule has 0 aliphatic carbocycles. The van der Waals surface area contributed by atoms with E-state index in [9.17, 15) is 0 Å². The van der Waals surface area contributed by atoms with E-state index >= 15 is 0 Å². The van der Waals surface area contributed by atoms with Gasteiger partial charge in [-0.25, -0.2) is 0 Å². The highest BCUT2D eigenvalue weighted by molar-refractivity contribution is 7.99. The lowest BCUT2D eigenvalue weighted by Crippen LogP contribution is -2.12. The van der Waals surface area contributed by atoms with Crippen molar-refractivity contribution < 1.29 is 4.52 Å². The molecule has 1 unspecified atom stereocenters. The summed E-state index contributed by atoms with van der Waals surface area (Å²) < 4.78 is 5.18. The van der Waals surface area contributed by atoms with E-state index in [1.807, 2.05) is 18.7 Å². The van der Waals surface area contributed by atoms with E-state index < -0.39 is 0 Å². The summed E-state index contributed by atoms with van der Waals surface area (Å²) in [5.74, 6) is 4.61.